The quantitative estimate of drug-likeness (QED) is 0.823. The van der Waals surface area contributed by atoms with Crippen molar-refractivity contribution in [3.05, 3.63) is 29.5 Å². The van der Waals surface area contributed by atoms with Crippen LogP contribution in [0.25, 0.3) is 10.9 Å². The van der Waals surface area contributed by atoms with Gasteiger partial charge in [-0.05, 0) is 18.2 Å². The van der Waals surface area contributed by atoms with Gasteiger partial charge in [-0.1, -0.05) is 0 Å². The molecule has 0 aliphatic carbocycles. The van der Waals surface area contributed by atoms with Crippen molar-refractivity contribution in [2.45, 2.75) is 11.9 Å². The summed E-state index contributed by atoms with van der Waals surface area (Å²) in [4.78, 5) is 4.59. The third kappa shape index (κ3) is 1.71. The summed E-state index contributed by atoms with van der Waals surface area (Å²) in [5, 5.41) is 10.9. The fourth-order valence-electron chi connectivity index (χ4n) is 2.29. The average molecular weight is 262 g/mol. The van der Waals surface area contributed by atoms with Gasteiger partial charge in [0.25, 0.3) is 0 Å². The summed E-state index contributed by atoms with van der Waals surface area (Å²) in [6.07, 6.45) is -0.526. The summed E-state index contributed by atoms with van der Waals surface area (Å²) < 4.78 is 5.20. The molecule has 5 heteroatoms. The minimum absolute atomic E-state index is 0.526. The Hall–Kier alpha value is -1.46. The number of aromatic nitrogens is 1. The van der Waals surface area contributed by atoms with Crippen LogP contribution in [-0.2, 0) is 5.75 Å². The maximum Gasteiger partial charge on any atom is 0.119 e. The lowest BCUT2D eigenvalue weighted by atomic mass is 10.0. The molecule has 2 heterocycles. The first-order valence-electron chi connectivity index (χ1n) is 5.72. The minimum Gasteiger partial charge on any atom is -0.497 e. The van der Waals surface area contributed by atoms with Crippen LogP contribution in [0.5, 0.6) is 5.75 Å². The zero-order valence-electron chi connectivity index (χ0n) is 10.0. The van der Waals surface area contributed by atoms with Crippen LogP contribution < -0.4 is 10.5 Å². The largest absolute Gasteiger partial charge is 0.497 e. The smallest absolute Gasteiger partial charge is 0.119 e. The van der Waals surface area contributed by atoms with Crippen molar-refractivity contribution in [2.75, 3.05) is 18.6 Å². The summed E-state index contributed by atoms with van der Waals surface area (Å²) in [5.74, 6) is 2.23. The number of methoxy groups -OCH3 is 1. The van der Waals surface area contributed by atoms with Gasteiger partial charge in [-0.25, -0.2) is 0 Å². The second-order valence-electron chi connectivity index (χ2n) is 4.30. The number of pyridine rings is 1. The fraction of sp³-hybridized carbons (Fsp3) is 0.308. The fourth-order valence-corrected chi connectivity index (χ4v) is 3.22. The van der Waals surface area contributed by atoms with E-state index in [0.29, 0.717) is 11.4 Å². The Morgan fingerprint density at radius 3 is 3.11 bits per heavy atom. The first-order valence-corrected chi connectivity index (χ1v) is 6.88. The van der Waals surface area contributed by atoms with E-state index in [1.165, 1.54) is 0 Å². The third-order valence-electron chi connectivity index (χ3n) is 3.20. The van der Waals surface area contributed by atoms with Crippen molar-refractivity contribution >= 4 is 28.4 Å². The molecule has 0 radical (unpaired) electrons. The Morgan fingerprint density at radius 1 is 1.50 bits per heavy atom. The zero-order valence-corrected chi connectivity index (χ0v) is 10.8. The van der Waals surface area contributed by atoms with Gasteiger partial charge in [-0.15, -0.1) is 0 Å². The number of hydrogen-bond donors (Lipinski definition) is 2. The molecule has 0 spiro atoms. The van der Waals surface area contributed by atoms with Crippen molar-refractivity contribution in [3.8, 4) is 5.75 Å². The van der Waals surface area contributed by atoms with Gasteiger partial charge in [0.15, 0.2) is 0 Å². The molecule has 1 aromatic heterocycles. The highest BCUT2D eigenvalue weighted by Gasteiger charge is 2.24. The van der Waals surface area contributed by atoms with Crippen LogP contribution >= 0.6 is 11.8 Å². The molecular formula is C13H14N2O2S. The number of thioether (sulfide) groups is 1. The van der Waals surface area contributed by atoms with E-state index >= 15 is 0 Å². The van der Waals surface area contributed by atoms with E-state index < -0.39 is 6.10 Å². The molecular weight excluding hydrogens is 248 g/mol. The number of ether oxygens (including phenoxy) is 1. The molecule has 4 nitrogen and oxygen atoms in total. The molecule has 1 aliphatic heterocycles. The molecule has 0 bridgehead atoms. The van der Waals surface area contributed by atoms with Gasteiger partial charge in [0.1, 0.15) is 5.75 Å². The monoisotopic (exact) mass is 262 g/mol. The van der Waals surface area contributed by atoms with Gasteiger partial charge in [0.2, 0.25) is 0 Å². The summed E-state index contributed by atoms with van der Waals surface area (Å²) in [5.41, 5.74) is 9.35. The van der Waals surface area contributed by atoms with Crippen molar-refractivity contribution in [3.63, 3.8) is 0 Å². The van der Waals surface area contributed by atoms with Crippen LogP contribution in [0, 0.1) is 0 Å². The maximum absolute atomic E-state index is 10.1. The average Bonchev–Trinajstić information content (AvgIpc) is 2.38. The number of benzene rings is 1. The lowest BCUT2D eigenvalue weighted by molar-refractivity contribution is 0.202. The van der Waals surface area contributed by atoms with E-state index in [1.54, 1.807) is 18.9 Å². The molecule has 2 aromatic rings. The molecule has 94 valence electrons. The predicted octanol–water partition coefficient (Wildman–Crippen LogP) is 2.11. The molecule has 1 aliphatic rings. The Kier molecular flexibility index (Phi) is 2.80. The van der Waals surface area contributed by atoms with Crippen LogP contribution in [0.2, 0.25) is 0 Å². The summed E-state index contributed by atoms with van der Waals surface area (Å²) in [6, 6.07) is 5.64. The molecule has 3 N–H and O–H groups in total. The van der Waals surface area contributed by atoms with E-state index in [1.807, 2.05) is 18.2 Å². The van der Waals surface area contributed by atoms with Crippen LogP contribution in [0.3, 0.4) is 0 Å². The van der Waals surface area contributed by atoms with Gasteiger partial charge in [0.05, 0.1) is 24.4 Å². The minimum atomic E-state index is -0.526. The molecule has 0 saturated carbocycles. The Morgan fingerprint density at radius 2 is 2.33 bits per heavy atom. The van der Waals surface area contributed by atoms with Crippen molar-refractivity contribution in [2.24, 2.45) is 0 Å². The number of hydrogen-bond acceptors (Lipinski definition) is 5. The number of aliphatic hydroxyl groups excluding tert-OH is 1. The van der Waals surface area contributed by atoms with Crippen LogP contribution in [0.15, 0.2) is 18.2 Å². The molecule has 0 saturated heterocycles. The molecule has 0 amide bonds. The maximum atomic E-state index is 10.1. The highest BCUT2D eigenvalue weighted by Crippen LogP contribution is 2.38. The highest BCUT2D eigenvalue weighted by molar-refractivity contribution is 7.98. The highest BCUT2D eigenvalue weighted by atomic mass is 32.2. The normalized spacial score (nSPS) is 18.7. The number of anilines is 1. The number of nitrogens with zero attached hydrogens (tertiary/aromatic N) is 1. The molecule has 1 aromatic carbocycles. The second kappa shape index (κ2) is 4.33. The van der Waals surface area contributed by atoms with E-state index in [0.717, 1.165) is 33.7 Å². The predicted molar refractivity (Wildman–Crippen MR) is 73.8 cm³/mol. The number of fused-ring (bicyclic) bond motifs is 2. The van der Waals surface area contributed by atoms with Crippen LogP contribution in [0.1, 0.15) is 17.4 Å². The van der Waals surface area contributed by atoms with Crippen molar-refractivity contribution in [1.29, 1.82) is 0 Å². The van der Waals surface area contributed by atoms with Gasteiger partial charge in [-0.3, -0.25) is 4.98 Å². The van der Waals surface area contributed by atoms with Crippen LogP contribution in [-0.4, -0.2) is 23.0 Å². The van der Waals surface area contributed by atoms with E-state index in [-0.39, 0.29) is 0 Å². The van der Waals surface area contributed by atoms with Crippen LogP contribution in [0.4, 0.5) is 5.69 Å². The number of rotatable bonds is 1. The molecule has 3 rings (SSSR count). The first-order chi connectivity index (χ1) is 8.70. The number of nitrogen functional groups attached to an aromatic ring is 1. The second-order valence-corrected chi connectivity index (χ2v) is 5.33. The lowest BCUT2D eigenvalue weighted by Gasteiger charge is -2.23. The Labute approximate surface area is 109 Å². The number of nitrogens with two attached hydrogens (primary N) is 1. The van der Waals surface area contributed by atoms with E-state index in [2.05, 4.69) is 4.98 Å². The van der Waals surface area contributed by atoms with Gasteiger partial charge >= 0.3 is 0 Å². The van der Waals surface area contributed by atoms with E-state index in [4.69, 9.17) is 10.5 Å². The number of aliphatic hydroxyl groups is 1. The zero-order chi connectivity index (χ0) is 12.7. The van der Waals surface area contributed by atoms with E-state index in [9.17, 15) is 5.11 Å². The lowest BCUT2D eigenvalue weighted by Crippen LogP contribution is -2.14. The summed E-state index contributed by atoms with van der Waals surface area (Å²) in [7, 11) is 1.62. The SMILES string of the molecule is COc1ccc2nc3c(c(N)c2c1)C(O)CSC3. The molecule has 0 fully saturated rings. The Balaban J connectivity index is 2.30. The molecule has 1 unspecified atom stereocenters. The van der Waals surface area contributed by atoms with Crippen molar-refractivity contribution < 1.29 is 9.84 Å². The molecule has 1 atom stereocenters. The molecule has 18 heavy (non-hydrogen) atoms. The van der Waals surface area contributed by atoms with Gasteiger partial charge < -0.3 is 15.6 Å². The van der Waals surface area contributed by atoms with Gasteiger partial charge in [-0.2, -0.15) is 11.8 Å². The Bertz CT molecular complexity index is 615. The summed E-state index contributed by atoms with van der Waals surface area (Å²) in [6.45, 7) is 0. The topological polar surface area (TPSA) is 68.4 Å². The van der Waals surface area contributed by atoms with Gasteiger partial charge in [0, 0.05) is 28.1 Å². The standard InChI is InChI=1S/C13H14N2O2S/c1-17-7-2-3-9-8(4-7)13(14)12-10(15-9)5-18-6-11(12)16/h2-4,11,16H,5-6H2,1H3,(H2,14,15). The summed E-state index contributed by atoms with van der Waals surface area (Å²) >= 11 is 1.68. The van der Waals surface area contributed by atoms with Crippen molar-refractivity contribution in [1.82, 2.24) is 4.98 Å². The third-order valence-corrected chi connectivity index (χ3v) is 4.23. The first kappa shape index (κ1) is 11.6.